The van der Waals surface area contributed by atoms with Crippen LogP contribution in [0.2, 0.25) is 0 Å². The largest absolute Gasteiger partial charge is 0.351 e. The smallest absolute Gasteiger partial charge is 0.296 e. The molecule has 2 aromatic heterocycles. The van der Waals surface area contributed by atoms with E-state index < -0.39 is 0 Å². The van der Waals surface area contributed by atoms with Crippen LogP contribution >= 0.6 is 11.6 Å². The molecule has 0 aliphatic rings. The molecule has 0 aromatic carbocycles. The van der Waals surface area contributed by atoms with Gasteiger partial charge in [-0.15, -0.1) is 11.6 Å². The quantitative estimate of drug-likeness (QED) is 0.690. The Morgan fingerprint density at radius 1 is 1.38 bits per heavy atom. The van der Waals surface area contributed by atoms with E-state index in [2.05, 4.69) is 15.3 Å². The molecular weight excluding hydrogens is 194 g/mol. The molecule has 6 heteroatoms. The molecule has 0 spiro atoms. The second-order valence-electron chi connectivity index (χ2n) is 2.48. The summed E-state index contributed by atoms with van der Waals surface area (Å²) in [4.78, 5) is 3.97. The Hall–Kier alpha value is -1.36. The van der Waals surface area contributed by atoms with Crippen LogP contribution in [-0.2, 0) is 5.88 Å². The van der Waals surface area contributed by atoms with Crippen LogP contribution in [0.5, 0.6) is 0 Å². The van der Waals surface area contributed by atoms with Crippen molar-refractivity contribution < 1.29 is 9.05 Å². The third kappa shape index (κ3) is 1.55. The van der Waals surface area contributed by atoms with Gasteiger partial charge in [-0.2, -0.15) is 4.98 Å². The van der Waals surface area contributed by atoms with Gasteiger partial charge in [0.15, 0.2) is 5.82 Å². The molecule has 0 saturated carbocycles. The summed E-state index contributed by atoms with van der Waals surface area (Å²) in [5.41, 5.74) is 0.764. The van der Waals surface area contributed by atoms with Crippen LogP contribution in [0.25, 0.3) is 11.7 Å². The molecule has 0 fully saturated rings. The maximum Gasteiger partial charge on any atom is 0.296 e. The Balaban J connectivity index is 2.35. The normalized spacial score (nSPS) is 10.6. The molecule has 0 radical (unpaired) electrons. The van der Waals surface area contributed by atoms with E-state index in [1.165, 1.54) is 0 Å². The lowest BCUT2D eigenvalue weighted by atomic mass is 10.4. The molecule has 0 unspecified atom stereocenters. The minimum atomic E-state index is 0.219. The van der Waals surface area contributed by atoms with E-state index in [-0.39, 0.29) is 5.88 Å². The van der Waals surface area contributed by atoms with Crippen LogP contribution in [0.4, 0.5) is 0 Å². The zero-order chi connectivity index (χ0) is 9.26. The maximum atomic E-state index is 5.50. The summed E-state index contributed by atoms with van der Waals surface area (Å²) in [6.45, 7) is 1.81. The number of rotatable bonds is 2. The molecule has 0 aliphatic heterocycles. The Bertz CT molecular complexity index is 409. The van der Waals surface area contributed by atoms with Crippen LogP contribution in [0.15, 0.2) is 15.1 Å². The molecule has 2 heterocycles. The molecule has 0 amide bonds. The first-order valence-corrected chi connectivity index (χ1v) is 4.15. The Morgan fingerprint density at radius 2 is 2.23 bits per heavy atom. The number of hydrogen-bond acceptors (Lipinski definition) is 5. The maximum absolute atomic E-state index is 5.50. The summed E-state index contributed by atoms with van der Waals surface area (Å²) in [6, 6.07) is 1.71. The summed E-state index contributed by atoms with van der Waals surface area (Å²) >= 11 is 5.50. The average Bonchev–Trinajstić information content (AvgIpc) is 2.71. The van der Waals surface area contributed by atoms with Crippen LogP contribution in [0, 0.1) is 6.92 Å². The number of alkyl halides is 1. The first kappa shape index (κ1) is 8.25. The number of hydrogen-bond donors (Lipinski definition) is 0. The Kier molecular flexibility index (Phi) is 2.02. The van der Waals surface area contributed by atoms with Crippen LogP contribution < -0.4 is 0 Å². The van der Waals surface area contributed by atoms with E-state index in [1.54, 1.807) is 6.07 Å². The van der Waals surface area contributed by atoms with Gasteiger partial charge in [0.1, 0.15) is 0 Å². The average molecular weight is 200 g/mol. The topological polar surface area (TPSA) is 65.0 Å². The molecule has 0 atom stereocenters. The molecule has 2 aromatic rings. The Morgan fingerprint density at radius 3 is 2.77 bits per heavy atom. The third-order valence-corrected chi connectivity index (χ3v) is 1.67. The van der Waals surface area contributed by atoms with Gasteiger partial charge < -0.3 is 9.05 Å². The second kappa shape index (κ2) is 3.18. The highest BCUT2D eigenvalue weighted by molar-refractivity contribution is 6.16. The molecule has 0 bridgehead atoms. The lowest BCUT2D eigenvalue weighted by Gasteiger charge is -1.79. The first-order valence-electron chi connectivity index (χ1n) is 3.62. The summed E-state index contributed by atoms with van der Waals surface area (Å²) < 4.78 is 9.79. The van der Waals surface area contributed by atoms with Crippen molar-refractivity contribution in [2.45, 2.75) is 12.8 Å². The van der Waals surface area contributed by atoms with Gasteiger partial charge in [0.25, 0.3) is 5.89 Å². The first-order chi connectivity index (χ1) is 6.29. The molecule has 0 saturated heterocycles. The lowest BCUT2D eigenvalue weighted by Crippen LogP contribution is -1.79. The van der Waals surface area contributed by atoms with Gasteiger partial charge in [-0.1, -0.05) is 10.3 Å². The van der Waals surface area contributed by atoms with Crippen molar-refractivity contribution in [3.8, 4) is 11.7 Å². The van der Waals surface area contributed by atoms with E-state index in [4.69, 9.17) is 20.6 Å². The van der Waals surface area contributed by atoms with Crippen molar-refractivity contribution in [2.24, 2.45) is 0 Å². The molecule has 0 aliphatic carbocycles. The van der Waals surface area contributed by atoms with Crippen LogP contribution in [-0.4, -0.2) is 15.3 Å². The minimum absolute atomic E-state index is 0.219. The summed E-state index contributed by atoms with van der Waals surface area (Å²) in [5.74, 6) is 1.42. The second-order valence-corrected chi connectivity index (χ2v) is 2.75. The number of nitrogens with zero attached hydrogens (tertiary/aromatic N) is 3. The van der Waals surface area contributed by atoms with E-state index >= 15 is 0 Å². The predicted molar refractivity (Wildman–Crippen MR) is 44.1 cm³/mol. The zero-order valence-corrected chi connectivity index (χ0v) is 7.58. The van der Waals surface area contributed by atoms with Crippen molar-refractivity contribution in [1.29, 1.82) is 0 Å². The van der Waals surface area contributed by atoms with Gasteiger partial charge >= 0.3 is 0 Å². The fourth-order valence-corrected chi connectivity index (χ4v) is 0.981. The highest BCUT2D eigenvalue weighted by atomic mass is 35.5. The number of aryl methyl sites for hydroxylation is 1. The van der Waals surface area contributed by atoms with Gasteiger partial charge in [0.2, 0.25) is 5.76 Å². The highest BCUT2D eigenvalue weighted by Gasteiger charge is 2.12. The highest BCUT2D eigenvalue weighted by Crippen LogP contribution is 2.17. The van der Waals surface area contributed by atoms with Crippen molar-refractivity contribution in [1.82, 2.24) is 15.3 Å². The summed E-state index contributed by atoms with van der Waals surface area (Å²) in [5, 5.41) is 7.31. The van der Waals surface area contributed by atoms with Crippen molar-refractivity contribution in [2.75, 3.05) is 0 Å². The molecule has 2 rings (SSSR count). The number of halogens is 1. The van der Waals surface area contributed by atoms with Crippen molar-refractivity contribution in [3.05, 3.63) is 17.6 Å². The van der Waals surface area contributed by atoms with Gasteiger partial charge in [0.05, 0.1) is 11.6 Å². The molecule has 0 N–H and O–H groups in total. The van der Waals surface area contributed by atoms with Crippen molar-refractivity contribution >= 4 is 11.6 Å². The minimum Gasteiger partial charge on any atom is -0.351 e. The monoisotopic (exact) mass is 199 g/mol. The molecule has 68 valence electrons. The standard InChI is InChI=1S/C7H6ClN3O2/c1-4-2-5(12-10-4)7-9-6(3-8)11-13-7/h2H,3H2,1H3. The van der Waals surface area contributed by atoms with Gasteiger partial charge in [-0.05, 0) is 6.92 Å². The van der Waals surface area contributed by atoms with E-state index in [0.717, 1.165) is 5.69 Å². The van der Waals surface area contributed by atoms with E-state index in [9.17, 15) is 0 Å². The molecular formula is C7H6ClN3O2. The molecule has 13 heavy (non-hydrogen) atoms. The van der Waals surface area contributed by atoms with Gasteiger partial charge in [0, 0.05) is 6.07 Å². The molecule has 5 nitrogen and oxygen atoms in total. The van der Waals surface area contributed by atoms with Gasteiger partial charge in [-0.3, -0.25) is 0 Å². The third-order valence-electron chi connectivity index (χ3n) is 1.43. The number of aromatic nitrogens is 3. The zero-order valence-electron chi connectivity index (χ0n) is 6.82. The SMILES string of the molecule is Cc1cc(-c2nc(CCl)no2)on1. The fourth-order valence-electron chi connectivity index (χ4n) is 0.873. The Labute approximate surface area is 78.7 Å². The van der Waals surface area contributed by atoms with Crippen molar-refractivity contribution in [3.63, 3.8) is 0 Å². The van der Waals surface area contributed by atoms with Gasteiger partial charge in [-0.25, -0.2) is 0 Å². The predicted octanol–water partition coefficient (Wildman–Crippen LogP) is 1.77. The summed E-state index contributed by atoms with van der Waals surface area (Å²) in [6.07, 6.45) is 0. The lowest BCUT2D eigenvalue weighted by molar-refractivity contribution is 0.381. The van der Waals surface area contributed by atoms with Crippen LogP contribution in [0.3, 0.4) is 0 Å². The van der Waals surface area contributed by atoms with E-state index in [1.807, 2.05) is 6.92 Å². The van der Waals surface area contributed by atoms with Crippen LogP contribution in [0.1, 0.15) is 11.5 Å². The fraction of sp³-hybridized carbons (Fsp3) is 0.286. The van der Waals surface area contributed by atoms with E-state index in [0.29, 0.717) is 17.5 Å². The summed E-state index contributed by atoms with van der Waals surface area (Å²) in [7, 11) is 0.